The van der Waals surface area contributed by atoms with Gasteiger partial charge in [-0.3, -0.25) is 19.3 Å². The highest BCUT2D eigenvalue weighted by atomic mass is 16.2. The molecule has 1 heterocycles. The van der Waals surface area contributed by atoms with E-state index in [-0.39, 0.29) is 17.6 Å². The lowest BCUT2D eigenvalue weighted by Crippen LogP contribution is -2.48. The zero-order valence-corrected chi connectivity index (χ0v) is 16.8. The number of carbonyl (C=O) groups excluding carboxylic acids is 3. The predicted octanol–water partition coefficient (Wildman–Crippen LogP) is 2.61. The van der Waals surface area contributed by atoms with Gasteiger partial charge in [0.05, 0.1) is 6.54 Å². The van der Waals surface area contributed by atoms with E-state index in [1.807, 2.05) is 24.3 Å². The first-order valence-corrected chi connectivity index (χ1v) is 9.66. The van der Waals surface area contributed by atoms with Gasteiger partial charge in [-0.25, -0.2) is 0 Å². The zero-order valence-electron chi connectivity index (χ0n) is 16.8. The molecule has 0 radical (unpaired) electrons. The minimum Gasteiger partial charge on any atom is -0.369 e. The van der Waals surface area contributed by atoms with E-state index in [4.69, 9.17) is 0 Å². The lowest BCUT2D eigenvalue weighted by molar-refractivity contribution is -0.117. The molecule has 0 saturated carbocycles. The molecule has 2 aromatic rings. The van der Waals surface area contributed by atoms with Crippen molar-refractivity contribution in [3.63, 3.8) is 0 Å². The Morgan fingerprint density at radius 1 is 0.793 bits per heavy atom. The number of rotatable bonds is 6. The van der Waals surface area contributed by atoms with Gasteiger partial charge in [0, 0.05) is 55.7 Å². The van der Waals surface area contributed by atoms with Gasteiger partial charge in [0.1, 0.15) is 0 Å². The Bertz CT molecular complexity index is 870. The molecule has 0 spiro atoms. The first-order chi connectivity index (χ1) is 13.9. The summed E-state index contributed by atoms with van der Waals surface area (Å²) < 4.78 is 0. The van der Waals surface area contributed by atoms with E-state index in [1.54, 1.807) is 31.2 Å². The Kier molecular flexibility index (Phi) is 6.61. The van der Waals surface area contributed by atoms with E-state index in [0.717, 1.165) is 31.9 Å². The molecule has 7 nitrogen and oxygen atoms in total. The Balaban J connectivity index is 1.45. The summed E-state index contributed by atoms with van der Waals surface area (Å²) in [7, 11) is 0. The van der Waals surface area contributed by atoms with Crippen LogP contribution in [0.15, 0.2) is 48.5 Å². The van der Waals surface area contributed by atoms with Crippen molar-refractivity contribution in [2.24, 2.45) is 0 Å². The number of ketones is 1. The standard InChI is InChI=1S/C22H26N4O3/c1-16(27)18-3-9-21(10-4-18)26-13-11-25(12-14-26)15-22(29)24-20-7-5-19(6-8-20)23-17(2)28/h3-10H,11-15H2,1-2H3,(H,23,28)(H,24,29). The first kappa shape index (κ1) is 20.5. The minimum atomic E-state index is -0.129. The molecule has 29 heavy (non-hydrogen) atoms. The maximum absolute atomic E-state index is 12.3. The summed E-state index contributed by atoms with van der Waals surface area (Å²) in [5, 5.41) is 5.59. The van der Waals surface area contributed by atoms with Gasteiger partial charge < -0.3 is 15.5 Å². The summed E-state index contributed by atoms with van der Waals surface area (Å²) in [5.74, 6) is -0.121. The van der Waals surface area contributed by atoms with E-state index in [2.05, 4.69) is 20.4 Å². The van der Waals surface area contributed by atoms with Crippen LogP contribution in [-0.4, -0.2) is 55.2 Å². The van der Waals surface area contributed by atoms with E-state index in [9.17, 15) is 14.4 Å². The number of hydrogen-bond acceptors (Lipinski definition) is 5. The maximum atomic E-state index is 12.3. The van der Waals surface area contributed by atoms with Gasteiger partial charge in [-0.05, 0) is 55.5 Å². The monoisotopic (exact) mass is 394 g/mol. The number of benzene rings is 2. The number of anilines is 3. The fourth-order valence-electron chi connectivity index (χ4n) is 3.31. The van der Waals surface area contributed by atoms with E-state index >= 15 is 0 Å². The third kappa shape index (κ3) is 5.89. The van der Waals surface area contributed by atoms with Crippen molar-refractivity contribution in [3.8, 4) is 0 Å². The summed E-state index contributed by atoms with van der Waals surface area (Å²) in [5.41, 5.74) is 3.21. The summed E-state index contributed by atoms with van der Waals surface area (Å²) in [6.07, 6.45) is 0. The quantitative estimate of drug-likeness (QED) is 0.736. The minimum absolute atomic E-state index is 0.0588. The highest BCUT2D eigenvalue weighted by Gasteiger charge is 2.19. The largest absolute Gasteiger partial charge is 0.369 e. The van der Waals surface area contributed by atoms with Crippen LogP contribution in [0.1, 0.15) is 24.2 Å². The molecular weight excluding hydrogens is 368 g/mol. The zero-order chi connectivity index (χ0) is 20.8. The normalized spacial score (nSPS) is 14.3. The number of piperazine rings is 1. The third-order valence-corrected chi connectivity index (χ3v) is 4.87. The van der Waals surface area contributed by atoms with Crippen molar-refractivity contribution in [2.75, 3.05) is 48.3 Å². The number of Topliss-reactive ketones (excluding diaryl/α,β-unsaturated/α-hetero) is 1. The molecule has 2 N–H and O–H groups in total. The summed E-state index contributed by atoms with van der Waals surface area (Å²) in [6.45, 7) is 6.61. The average molecular weight is 394 g/mol. The molecule has 2 amide bonds. The maximum Gasteiger partial charge on any atom is 0.238 e. The molecule has 1 aliphatic heterocycles. The average Bonchev–Trinajstić information content (AvgIpc) is 2.70. The Morgan fingerprint density at radius 3 is 1.86 bits per heavy atom. The molecule has 2 aromatic carbocycles. The first-order valence-electron chi connectivity index (χ1n) is 9.66. The van der Waals surface area contributed by atoms with Crippen LogP contribution in [0.4, 0.5) is 17.1 Å². The summed E-state index contributed by atoms with van der Waals surface area (Å²) in [6, 6.07) is 14.7. The van der Waals surface area contributed by atoms with E-state index in [1.165, 1.54) is 6.92 Å². The smallest absolute Gasteiger partial charge is 0.238 e. The van der Waals surface area contributed by atoms with Crippen molar-refractivity contribution in [1.29, 1.82) is 0 Å². The van der Waals surface area contributed by atoms with Crippen LogP contribution in [0.25, 0.3) is 0 Å². The number of nitrogens with one attached hydrogen (secondary N) is 2. The third-order valence-electron chi connectivity index (χ3n) is 4.87. The number of hydrogen-bond donors (Lipinski definition) is 2. The van der Waals surface area contributed by atoms with Gasteiger partial charge in [0.2, 0.25) is 11.8 Å². The highest BCUT2D eigenvalue weighted by molar-refractivity contribution is 5.94. The molecule has 3 rings (SSSR count). The topological polar surface area (TPSA) is 81.8 Å². The van der Waals surface area contributed by atoms with Gasteiger partial charge in [0.25, 0.3) is 0 Å². The Hall–Kier alpha value is -3.19. The van der Waals surface area contributed by atoms with Gasteiger partial charge in [-0.2, -0.15) is 0 Å². The van der Waals surface area contributed by atoms with Crippen LogP contribution in [0, 0.1) is 0 Å². The molecule has 0 aromatic heterocycles. The molecule has 0 unspecified atom stereocenters. The van der Waals surface area contributed by atoms with Gasteiger partial charge in [0.15, 0.2) is 5.78 Å². The van der Waals surface area contributed by atoms with Gasteiger partial charge in [-0.1, -0.05) is 0 Å². The molecule has 1 saturated heterocycles. The van der Waals surface area contributed by atoms with Crippen LogP contribution in [0.2, 0.25) is 0 Å². The number of nitrogens with zero attached hydrogens (tertiary/aromatic N) is 2. The van der Waals surface area contributed by atoms with Crippen LogP contribution in [0.3, 0.4) is 0 Å². The SMILES string of the molecule is CC(=O)Nc1ccc(NC(=O)CN2CCN(c3ccc(C(C)=O)cc3)CC2)cc1. The van der Waals surface area contributed by atoms with Crippen molar-refractivity contribution < 1.29 is 14.4 Å². The second-order valence-corrected chi connectivity index (χ2v) is 7.17. The molecule has 7 heteroatoms. The van der Waals surface area contributed by atoms with Crippen LogP contribution >= 0.6 is 0 Å². The van der Waals surface area contributed by atoms with E-state index < -0.39 is 0 Å². The van der Waals surface area contributed by atoms with E-state index in [0.29, 0.717) is 23.5 Å². The van der Waals surface area contributed by atoms with Gasteiger partial charge in [-0.15, -0.1) is 0 Å². The van der Waals surface area contributed by atoms with Crippen LogP contribution < -0.4 is 15.5 Å². The van der Waals surface area contributed by atoms with Crippen LogP contribution in [-0.2, 0) is 9.59 Å². The molecule has 1 aliphatic rings. The highest BCUT2D eigenvalue weighted by Crippen LogP contribution is 2.18. The second kappa shape index (κ2) is 9.34. The number of amides is 2. The Morgan fingerprint density at radius 2 is 1.34 bits per heavy atom. The molecule has 1 fully saturated rings. The summed E-state index contributed by atoms with van der Waals surface area (Å²) in [4.78, 5) is 39.2. The molecule has 0 bridgehead atoms. The molecule has 0 aliphatic carbocycles. The lowest BCUT2D eigenvalue weighted by Gasteiger charge is -2.35. The fourth-order valence-corrected chi connectivity index (χ4v) is 3.31. The molecule has 0 atom stereocenters. The molecule has 152 valence electrons. The predicted molar refractivity (Wildman–Crippen MR) is 114 cm³/mol. The fraction of sp³-hybridized carbons (Fsp3) is 0.318. The van der Waals surface area contributed by atoms with Crippen molar-refractivity contribution in [3.05, 3.63) is 54.1 Å². The number of carbonyl (C=O) groups is 3. The van der Waals surface area contributed by atoms with Crippen molar-refractivity contribution >= 4 is 34.7 Å². The Labute approximate surface area is 170 Å². The van der Waals surface area contributed by atoms with Crippen molar-refractivity contribution in [2.45, 2.75) is 13.8 Å². The summed E-state index contributed by atoms with van der Waals surface area (Å²) >= 11 is 0. The second-order valence-electron chi connectivity index (χ2n) is 7.17. The molecular formula is C22H26N4O3. The van der Waals surface area contributed by atoms with Crippen LogP contribution in [0.5, 0.6) is 0 Å². The lowest BCUT2D eigenvalue weighted by atomic mass is 10.1. The van der Waals surface area contributed by atoms with Gasteiger partial charge >= 0.3 is 0 Å². The van der Waals surface area contributed by atoms with Crippen molar-refractivity contribution in [1.82, 2.24) is 4.90 Å².